The lowest BCUT2D eigenvalue weighted by atomic mass is 9.76. The molecule has 7 heteroatoms. The maximum absolute atomic E-state index is 13.2. The van der Waals surface area contributed by atoms with Crippen LogP contribution >= 0.6 is 0 Å². The molecule has 0 aromatic carbocycles. The molecule has 0 unspecified atom stereocenters. The number of fused-ring (bicyclic) bond motifs is 1. The minimum atomic E-state index is -0.739. The van der Waals surface area contributed by atoms with Gasteiger partial charge in [-0.2, -0.15) is 0 Å². The van der Waals surface area contributed by atoms with Gasteiger partial charge in [0.15, 0.2) is 5.82 Å². The highest BCUT2D eigenvalue weighted by Gasteiger charge is 2.67. The molecule has 3 aliphatic heterocycles. The monoisotopic (exact) mass is 387 g/mol. The number of nitrogens with zero attached hydrogens (tertiary/aromatic N) is 2. The predicted octanol–water partition coefficient (Wildman–Crippen LogP) is 2.60. The van der Waals surface area contributed by atoms with E-state index < -0.39 is 17.4 Å². The van der Waals surface area contributed by atoms with E-state index in [9.17, 15) is 9.59 Å². The number of carbonyl (C=O) groups is 2. The van der Waals surface area contributed by atoms with Crippen molar-refractivity contribution in [2.24, 2.45) is 17.8 Å². The molecular weight excluding hydrogens is 358 g/mol. The molecule has 4 rings (SSSR count). The van der Waals surface area contributed by atoms with Crippen LogP contribution in [0.1, 0.15) is 45.8 Å². The van der Waals surface area contributed by atoms with Gasteiger partial charge in [0.25, 0.3) is 0 Å². The Bertz CT molecular complexity index is 801. The number of hydrogen-bond donors (Lipinski definition) is 1. The first-order chi connectivity index (χ1) is 13.3. The van der Waals surface area contributed by atoms with Crippen molar-refractivity contribution in [2.75, 3.05) is 11.4 Å². The highest BCUT2D eigenvalue weighted by molar-refractivity contribution is 6.02. The Hall–Kier alpha value is -2.15. The van der Waals surface area contributed by atoms with Crippen LogP contribution in [0.3, 0.4) is 0 Å². The van der Waals surface area contributed by atoms with Gasteiger partial charge in [-0.1, -0.05) is 44.0 Å². The van der Waals surface area contributed by atoms with E-state index in [-0.39, 0.29) is 24.0 Å². The number of hydrogen-bond acceptors (Lipinski definition) is 5. The molecule has 152 valence electrons. The van der Waals surface area contributed by atoms with Gasteiger partial charge >= 0.3 is 0 Å². The topological polar surface area (TPSA) is 84.7 Å². The fourth-order valence-corrected chi connectivity index (χ4v) is 4.72. The van der Waals surface area contributed by atoms with Crippen LogP contribution in [0.4, 0.5) is 5.82 Å². The van der Waals surface area contributed by atoms with Crippen LogP contribution in [0, 0.1) is 24.7 Å². The number of anilines is 1. The average molecular weight is 387 g/mol. The molecule has 28 heavy (non-hydrogen) atoms. The Labute approximate surface area is 165 Å². The molecule has 1 aromatic rings. The van der Waals surface area contributed by atoms with Crippen LogP contribution in [0.5, 0.6) is 0 Å². The summed E-state index contributed by atoms with van der Waals surface area (Å²) in [5.74, 6) is 0.563. The number of carbonyl (C=O) groups excluding carboxylic acids is 2. The summed E-state index contributed by atoms with van der Waals surface area (Å²) in [5.41, 5.74) is -0.739. The van der Waals surface area contributed by atoms with Crippen molar-refractivity contribution >= 4 is 17.6 Å². The lowest BCUT2D eigenvalue weighted by Crippen LogP contribution is -2.46. The van der Waals surface area contributed by atoms with Crippen molar-refractivity contribution in [3.63, 3.8) is 0 Å². The lowest BCUT2D eigenvalue weighted by molar-refractivity contribution is -0.132. The second-order valence-corrected chi connectivity index (χ2v) is 8.85. The van der Waals surface area contributed by atoms with Gasteiger partial charge in [0, 0.05) is 12.1 Å². The largest absolute Gasteiger partial charge is 0.360 e. The van der Waals surface area contributed by atoms with E-state index in [4.69, 9.17) is 9.26 Å². The van der Waals surface area contributed by atoms with Crippen LogP contribution in [-0.4, -0.2) is 41.3 Å². The molecule has 2 amide bonds. The van der Waals surface area contributed by atoms with E-state index in [1.807, 2.05) is 19.1 Å². The minimum absolute atomic E-state index is 0.0797. The molecule has 7 nitrogen and oxygen atoms in total. The molecule has 0 saturated carbocycles. The van der Waals surface area contributed by atoms with Gasteiger partial charge in [0.2, 0.25) is 11.8 Å². The number of aryl methyl sites for hydroxylation is 1. The van der Waals surface area contributed by atoms with E-state index >= 15 is 0 Å². The molecule has 0 aliphatic carbocycles. The van der Waals surface area contributed by atoms with Gasteiger partial charge in [-0.25, -0.2) is 0 Å². The van der Waals surface area contributed by atoms with Crippen molar-refractivity contribution in [2.45, 2.75) is 64.7 Å². The molecule has 5 atom stereocenters. The summed E-state index contributed by atoms with van der Waals surface area (Å²) in [4.78, 5) is 27.8. The second-order valence-electron chi connectivity index (χ2n) is 8.85. The number of nitrogens with one attached hydrogen (secondary N) is 1. The molecular formula is C21H29N3O4. The fourth-order valence-electron chi connectivity index (χ4n) is 4.72. The SMILES string of the molecule is Cc1cc(N2C[C@@]34C=C[C@@H](O3)[C@@H](C(=O)N[C@@H](C)CCCC(C)C)[C@H]4C2=O)no1. The van der Waals surface area contributed by atoms with Crippen LogP contribution in [0.15, 0.2) is 22.7 Å². The van der Waals surface area contributed by atoms with Crippen molar-refractivity contribution in [1.29, 1.82) is 0 Å². The normalized spacial score (nSPS) is 31.7. The second kappa shape index (κ2) is 7.03. The zero-order valence-electron chi connectivity index (χ0n) is 17.0. The van der Waals surface area contributed by atoms with Gasteiger partial charge in [-0.15, -0.1) is 0 Å². The Balaban J connectivity index is 1.46. The maximum atomic E-state index is 13.2. The first kappa shape index (κ1) is 19.2. The highest BCUT2D eigenvalue weighted by atomic mass is 16.5. The third-order valence-corrected chi connectivity index (χ3v) is 6.10. The van der Waals surface area contributed by atoms with E-state index in [0.717, 1.165) is 19.3 Å². The van der Waals surface area contributed by atoms with Crippen LogP contribution in [-0.2, 0) is 14.3 Å². The van der Waals surface area contributed by atoms with Crippen molar-refractivity contribution in [1.82, 2.24) is 10.5 Å². The Morgan fingerprint density at radius 1 is 1.39 bits per heavy atom. The highest BCUT2D eigenvalue weighted by Crippen LogP contribution is 2.52. The van der Waals surface area contributed by atoms with E-state index in [0.29, 0.717) is 24.0 Å². The summed E-state index contributed by atoms with van der Waals surface area (Å²) in [7, 11) is 0. The lowest BCUT2D eigenvalue weighted by Gasteiger charge is -2.25. The van der Waals surface area contributed by atoms with Gasteiger partial charge < -0.3 is 14.6 Å². The molecule has 3 aliphatic rings. The summed E-state index contributed by atoms with van der Waals surface area (Å²) in [6, 6.07) is 1.81. The Kier molecular flexibility index (Phi) is 4.81. The number of rotatable bonds is 7. The Morgan fingerprint density at radius 3 is 2.86 bits per heavy atom. The molecule has 4 heterocycles. The molecule has 1 N–H and O–H groups in total. The van der Waals surface area contributed by atoms with Gasteiger partial charge in [0.05, 0.1) is 24.5 Å². The van der Waals surface area contributed by atoms with Crippen LogP contribution in [0.25, 0.3) is 0 Å². The summed E-state index contributed by atoms with van der Waals surface area (Å²) in [5, 5.41) is 7.08. The summed E-state index contributed by atoms with van der Waals surface area (Å²) >= 11 is 0. The standard InChI is InChI=1S/C21H29N3O4/c1-12(2)6-5-7-13(3)22-19(25)17-15-8-9-21(27-15)11-24(20(26)18(17)21)16-10-14(4)28-23-16/h8-10,12-13,15,17-18H,5-7,11H2,1-4H3,(H,22,25)/t13-,15+,17+,18-,21+/m0/s1. The molecule has 2 fully saturated rings. The van der Waals surface area contributed by atoms with Crippen molar-refractivity contribution < 1.29 is 18.8 Å². The third-order valence-electron chi connectivity index (χ3n) is 6.10. The quantitative estimate of drug-likeness (QED) is 0.727. The third kappa shape index (κ3) is 3.15. The fraction of sp³-hybridized carbons (Fsp3) is 0.667. The summed E-state index contributed by atoms with van der Waals surface area (Å²) < 4.78 is 11.3. The molecule has 2 saturated heterocycles. The zero-order valence-corrected chi connectivity index (χ0v) is 17.0. The van der Waals surface area contributed by atoms with Gasteiger partial charge in [0.1, 0.15) is 11.4 Å². The van der Waals surface area contributed by atoms with E-state index in [1.54, 1.807) is 17.9 Å². The Morgan fingerprint density at radius 2 is 2.18 bits per heavy atom. The van der Waals surface area contributed by atoms with Gasteiger partial charge in [-0.05, 0) is 26.2 Å². The summed E-state index contributed by atoms with van der Waals surface area (Å²) in [6.07, 6.45) is 6.70. The average Bonchev–Trinajstić information content (AvgIpc) is 3.35. The molecule has 1 spiro atoms. The smallest absolute Gasteiger partial charge is 0.235 e. The molecule has 1 aromatic heterocycles. The first-order valence-electron chi connectivity index (χ1n) is 10.2. The van der Waals surface area contributed by atoms with E-state index in [1.165, 1.54) is 0 Å². The van der Waals surface area contributed by atoms with Gasteiger partial charge in [-0.3, -0.25) is 14.5 Å². The van der Waals surface area contributed by atoms with Crippen molar-refractivity contribution in [3.05, 3.63) is 24.0 Å². The molecule has 0 radical (unpaired) electrons. The minimum Gasteiger partial charge on any atom is -0.360 e. The summed E-state index contributed by atoms with van der Waals surface area (Å²) in [6.45, 7) is 8.59. The predicted molar refractivity (Wildman–Crippen MR) is 104 cm³/mol. The molecule has 2 bridgehead atoms. The van der Waals surface area contributed by atoms with Crippen LogP contribution < -0.4 is 10.2 Å². The van der Waals surface area contributed by atoms with Crippen molar-refractivity contribution in [3.8, 4) is 0 Å². The zero-order chi connectivity index (χ0) is 20.1. The number of amides is 2. The maximum Gasteiger partial charge on any atom is 0.235 e. The van der Waals surface area contributed by atoms with Crippen LogP contribution in [0.2, 0.25) is 0 Å². The first-order valence-corrected chi connectivity index (χ1v) is 10.2. The number of aromatic nitrogens is 1. The van der Waals surface area contributed by atoms with E-state index in [2.05, 4.69) is 24.3 Å². The number of ether oxygens (including phenoxy) is 1.